The Morgan fingerprint density at radius 2 is 2.10 bits per heavy atom. The van der Waals surface area contributed by atoms with E-state index in [9.17, 15) is 9.90 Å². The van der Waals surface area contributed by atoms with E-state index in [1.54, 1.807) is 30.3 Å². The van der Waals surface area contributed by atoms with Gasteiger partial charge in [-0.15, -0.1) is 0 Å². The second-order valence-corrected chi connectivity index (χ2v) is 4.46. The topological polar surface area (TPSA) is 84.6 Å². The third-order valence-electron chi connectivity index (χ3n) is 2.95. The summed E-state index contributed by atoms with van der Waals surface area (Å²) in [5.41, 5.74) is 7.53. The molecule has 0 fully saturated rings. The number of anilines is 1. The van der Waals surface area contributed by atoms with Crippen molar-refractivity contribution in [3.05, 3.63) is 53.6 Å². The summed E-state index contributed by atoms with van der Waals surface area (Å²) < 4.78 is 5.46. The number of hydrogen-bond acceptors (Lipinski definition) is 4. The minimum Gasteiger partial charge on any atom is -0.508 e. The molecule has 1 amide bonds. The molecule has 0 radical (unpaired) electrons. The average Bonchev–Trinajstić information content (AvgIpc) is 2.49. The molecule has 0 aliphatic heterocycles. The third kappa shape index (κ3) is 3.73. The molecule has 0 spiro atoms. The third-order valence-corrected chi connectivity index (χ3v) is 2.95. The number of rotatable bonds is 5. The number of ether oxygens (including phenoxy) is 1. The van der Waals surface area contributed by atoms with Gasteiger partial charge in [0.05, 0.1) is 6.61 Å². The minimum atomic E-state index is -0.293. The fraction of sp³-hybridized carbons (Fsp3) is 0.188. The number of hydrogen-bond donors (Lipinski definition) is 3. The van der Waals surface area contributed by atoms with Crippen molar-refractivity contribution < 1.29 is 14.6 Å². The van der Waals surface area contributed by atoms with Crippen LogP contribution in [0.25, 0.3) is 0 Å². The summed E-state index contributed by atoms with van der Waals surface area (Å²) in [6, 6.07) is 11.5. The van der Waals surface area contributed by atoms with E-state index in [-0.39, 0.29) is 11.7 Å². The SMILES string of the molecule is CCOc1ccc(NC(=O)c2cccc(O)c2)cc1CN. The molecule has 0 atom stereocenters. The molecular weight excluding hydrogens is 268 g/mol. The highest BCUT2D eigenvalue weighted by atomic mass is 16.5. The lowest BCUT2D eigenvalue weighted by atomic mass is 10.1. The van der Waals surface area contributed by atoms with Crippen LogP contribution in [-0.2, 0) is 6.54 Å². The summed E-state index contributed by atoms with van der Waals surface area (Å²) in [4.78, 5) is 12.1. The Hall–Kier alpha value is -2.53. The molecule has 2 aromatic carbocycles. The molecule has 2 rings (SSSR count). The van der Waals surface area contributed by atoms with Crippen molar-refractivity contribution in [2.45, 2.75) is 13.5 Å². The smallest absolute Gasteiger partial charge is 0.255 e. The van der Waals surface area contributed by atoms with E-state index in [4.69, 9.17) is 10.5 Å². The van der Waals surface area contributed by atoms with Crippen molar-refractivity contribution in [1.29, 1.82) is 0 Å². The molecule has 4 N–H and O–H groups in total. The maximum Gasteiger partial charge on any atom is 0.255 e. The Balaban J connectivity index is 2.17. The number of amides is 1. The lowest BCUT2D eigenvalue weighted by Crippen LogP contribution is -2.12. The largest absolute Gasteiger partial charge is 0.508 e. The number of aromatic hydroxyl groups is 1. The molecule has 0 unspecified atom stereocenters. The number of phenols is 1. The highest BCUT2D eigenvalue weighted by molar-refractivity contribution is 6.04. The van der Waals surface area contributed by atoms with E-state index in [1.807, 2.05) is 6.92 Å². The van der Waals surface area contributed by atoms with Crippen LogP contribution in [0.3, 0.4) is 0 Å². The molecule has 0 saturated heterocycles. The van der Waals surface area contributed by atoms with Crippen LogP contribution in [0.2, 0.25) is 0 Å². The van der Waals surface area contributed by atoms with E-state index in [1.165, 1.54) is 12.1 Å². The maximum absolute atomic E-state index is 12.1. The van der Waals surface area contributed by atoms with Gasteiger partial charge in [0.1, 0.15) is 11.5 Å². The number of carbonyl (C=O) groups is 1. The first-order valence-electron chi connectivity index (χ1n) is 6.70. The van der Waals surface area contributed by atoms with Crippen molar-refractivity contribution in [2.24, 2.45) is 5.73 Å². The number of benzene rings is 2. The summed E-state index contributed by atoms with van der Waals surface area (Å²) in [6.07, 6.45) is 0. The fourth-order valence-corrected chi connectivity index (χ4v) is 1.96. The van der Waals surface area contributed by atoms with Gasteiger partial charge in [0.15, 0.2) is 0 Å². The van der Waals surface area contributed by atoms with Gasteiger partial charge < -0.3 is 20.9 Å². The van der Waals surface area contributed by atoms with Crippen LogP contribution in [0.15, 0.2) is 42.5 Å². The normalized spacial score (nSPS) is 10.2. The molecule has 2 aromatic rings. The lowest BCUT2D eigenvalue weighted by Gasteiger charge is -2.11. The second-order valence-electron chi connectivity index (χ2n) is 4.46. The molecule has 0 bridgehead atoms. The number of nitrogens with one attached hydrogen (secondary N) is 1. The van der Waals surface area contributed by atoms with E-state index in [0.29, 0.717) is 24.4 Å². The molecular formula is C16H18N2O3. The van der Waals surface area contributed by atoms with Gasteiger partial charge in [-0.2, -0.15) is 0 Å². The van der Waals surface area contributed by atoms with Crippen LogP contribution in [0.5, 0.6) is 11.5 Å². The highest BCUT2D eigenvalue weighted by Gasteiger charge is 2.09. The molecule has 0 aliphatic carbocycles. The highest BCUT2D eigenvalue weighted by Crippen LogP contribution is 2.23. The van der Waals surface area contributed by atoms with Crippen LogP contribution >= 0.6 is 0 Å². The van der Waals surface area contributed by atoms with Crippen LogP contribution in [0, 0.1) is 0 Å². The zero-order chi connectivity index (χ0) is 15.2. The van der Waals surface area contributed by atoms with Crippen molar-refractivity contribution in [1.82, 2.24) is 0 Å². The first kappa shape index (κ1) is 14.9. The fourth-order valence-electron chi connectivity index (χ4n) is 1.96. The van der Waals surface area contributed by atoms with Gasteiger partial charge in [0, 0.05) is 23.4 Å². The lowest BCUT2D eigenvalue weighted by molar-refractivity contribution is 0.102. The van der Waals surface area contributed by atoms with Crippen LogP contribution in [-0.4, -0.2) is 17.6 Å². The van der Waals surface area contributed by atoms with E-state index in [0.717, 1.165) is 11.3 Å². The quantitative estimate of drug-likeness (QED) is 0.788. The number of phenolic OH excluding ortho intramolecular Hbond substituents is 1. The molecule has 0 heterocycles. The van der Waals surface area contributed by atoms with Crippen LogP contribution in [0.4, 0.5) is 5.69 Å². The summed E-state index contributed by atoms with van der Waals surface area (Å²) in [6.45, 7) is 2.78. The Kier molecular flexibility index (Phi) is 4.79. The molecule has 21 heavy (non-hydrogen) atoms. The number of nitrogens with two attached hydrogens (primary N) is 1. The van der Waals surface area contributed by atoms with Crippen molar-refractivity contribution in [2.75, 3.05) is 11.9 Å². The van der Waals surface area contributed by atoms with E-state index < -0.39 is 0 Å². The molecule has 0 saturated carbocycles. The van der Waals surface area contributed by atoms with Gasteiger partial charge in [-0.3, -0.25) is 4.79 Å². The van der Waals surface area contributed by atoms with Crippen molar-refractivity contribution >= 4 is 11.6 Å². The Bertz CT molecular complexity index is 641. The molecule has 5 nitrogen and oxygen atoms in total. The Labute approximate surface area is 123 Å². The predicted octanol–water partition coefficient (Wildman–Crippen LogP) is 2.50. The first-order valence-corrected chi connectivity index (χ1v) is 6.70. The van der Waals surface area contributed by atoms with Gasteiger partial charge in [0.25, 0.3) is 5.91 Å². The second kappa shape index (κ2) is 6.76. The van der Waals surface area contributed by atoms with Gasteiger partial charge >= 0.3 is 0 Å². The van der Waals surface area contributed by atoms with Crippen molar-refractivity contribution in [3.8, 4) is 11.5 Å². The van der Waals surface area contributed by atoms with Gasteiger partial charge in [-0.05, 0) is 43.3 Å². The van der Waals surface area contributed by atoms with Gasteiger partial charge in [-0.1, -0.05) is 6.07 Å². The predicted molar refractivity (Wildman–Crippen MR) is 81.6 cm³/mol. The zero-order valence-electron chi connectivity index (χ0n) is 11.8. The minimum absolute atomic E-state index is 0.0528. The monoisotopic (exact) mass is 286 g/mol. The van der Waals surface area contributed by atoms with Crippen LogP contribution < -0.4 is 15.8 Å². The summed E-state index contributed by atoms with van der Waals surface area (Å²) in [5.74, 6) is 0.477. The van der Waals surface area contributed by atoms with E-state index in [2.05, 4.69) is 5.32 Å². The van der Waals surface area contributed by atoms with Gasteiger partial charge in [-0.25, -0.2) is 0 Å². The molecule has 0 aliphatic rings. The Morgan fingerprint density at radius 3 is 2.76 bits per heavy atom. The Morgan fingerprint density at radius 1 is 1.29 bits per heavy atom. The van der Waals surface area contributed by atoms with Crippen molar-refractivity contribution in [3.63, 3.8) is 0 Å². The van der Waals surface area contributed by atoms with Crippen LogP contribution in [0.1, 0.15) is 22.8 Å². The summed E-state index contributed by atoms with van der Waals surface area (Å²) in [7, 11) is 0. The average molecular weight is 286 g/mol. The standard InChI is InChI=1S/C16H18N2O3/c1-2-21-15-7-6-13(8-12(15)10-17)18-16(20)11-4-3-5-14(19)9-11/h3-9,19H,2,10,17H2,1H3,(H,18,20). The number of carbonyl (C=O) groups excluding carboxylic acids is 1. The summed E-state index contributed by atoms with van der Waals surface area (Å²) >= 11 is 0. The van der Waals surface area contributed by atoms with E-state index >= 15 is 0 Å². The maximum atomic E-state index is 12.1. The molecule has 110 valence electrons. The van der Waals surface area contributed by atoms with Gasteiger partial charge in [0.2, 0.25) is 0 Å². The molecule has 0 aromatic heterocycles. The zero-order valence-corrected chi connectivity index (χ0v) is 11.8. The molecule has 5 heteroatoms. The first-order chi connectivity index (χ1) is 10.1. The summed E-state index contributed by atoms with van der Waals surface area (Å²) in [5, 5.41) is 12.2.